The minimum absolute atomic E-state index is 0.0403. The van der Waals surface area contributed by atoms with Gasteiger partial charge in [0.05, 0.1) is 11.4 Å². The van der Waals surface area contributed by atoms with Crippen molar-refractivity contribution in [2.75, 3.05) is 4.90 Å². The molecule has 0 saturated carbocycles. The second-order valence-corrected chi connectivity index (χ2v) is 5.79. The molecule has 120 valence electrons. The molecule has 2 aromatic carbocycles. The molecule has 24 heavy (non-hydrogen) atoms. The number of amides is 1. The third-order valence-electron chi connectivity index (χ3n) is 4.34. The maximum absolute atomic E-state index is 13.2. The van der Waals surface area contributed by atoms with Gasteiger partial charge in [-0.15, -0.1) is 0 Å². The SMILES string of the molecule is C[n+]1[nH]oc(=O)c1C(=O)N1c2ccccc2CCc2ccccc21. The first-order valence-corrected chi connectivity index (χ1v) is 7.74. The predicted molar refractivity (Wildman–Crippen MR) is 87.3 cm³/mol. The molecule has 0 aliphatic carbocycles. The fraction of sp³-hybridized carbons (Fsp3) is 0.167. The van der Waals surface area contributed by atoms with Gasteiger partial charge in [-0.05, 0) is 41.4 Å². The second-order valence-electron chi connectivity index (χ2n) is 5.79. The summed E-state index contributed by atoms with van der Waals surface area (Å²) in [5, 5.41) is 2.40. The zero-order valence-electron chi connectivity index (χ0n) is 13.2. The van der Waals surface area contributed by atoms with E-state index in [4.69, 9.17) is 4.52 Å². The average molecular weight is 322 g/mol. The van der Waals surface area contributed by atoms with Crippen LogP contribution in [0.15, 0.2) is 57.8 Å². The molecule has 0 saturated heterocycles. The molecule has 0 bridgehead atoms. The van der Waals surface area contributed by atoms with Crippen LogP contribution in [-0.4, -0.2) is 11.2 Å². The van der Waals surface area contributed by atoms with Crippen molar-refractivity contribution in [1.82, 2.24) is 5.27 Å². The Morgan fingerprint density at radius 2 is 1.58 bits per heavy atom. The summed E-state index contributed by atoms with van der Waals surface area (Å²) in [5.41, 5.74) is 3.03. The smallest absolute Gasteiger partial charge is 0.283 e. The maximum Gasteiger partial charge on any atom is 0.440 e. The molecule has 0 radical (unpaired) electrons. The van der Waals surface area contributed by atoms with E-state index in [2.05, 4.69) is 5.27 Å². The largest absolute Gasteiger partial charge is 0.440 e. The summed E-state index contributed by atoms with van der Waals surface area (Å²) >= 11 is 0. The molecule has 0 fully saturated rings. The monoisotopic (exact) mass is 322 g/mol. The quantitative estimate of drug-likeness (QED) is 0.695. The Balaban J connectivity index is 1.97. The van der Waals surface area contributed by atoms with Crippen molar-refractivity contribution in [2.45, 2.75) is 12.8 Å². The number of carbonyl (C=O) groups is 1. The Labute approximate surface area is 137 Å². The van der Waals surface area contributed by atoms with E-state index in [0.717, 1.165) is 35.3 Å². The van der Waals surface area contributed by atoms with E-state index in [0.29, 0.717) is 0 Å². The Bertz CT molecular complexity index is 939. The number of hydrogen-bond acceptors (Lipinski definition) is 3. The number of aryl methyl sites for hydroxylation is 3. The summed E-state index contributed by atoms with van der Waals surface area (Å²) in [5.74, 6) is -0.408. The number of carbonyl (C=O) groups excluding carboxylic acids is 1. The highest BCUT2D eigenvalue weighted by molar-refractivity contribution is 6.10. The van der Waals surface area contributed by atoms with Gasteiger partial charge in [0.25, 0.3) is 0 Å². The van der Waals surface area contributed by atoms with Gasteiger partial charge in [0.1, 0.15) is 0 Å². The van der Waals surface area contributed by atoms with Crippen LogP contribution in [0, 0.1) is 0 Å². The molecule has 1 amide bonds. The van der Waals surface area contributed by atoms with Crippen LogP contribution in [0.2, 0.25) is 0 Å². The van der Waals surface area contributed by atoms with E-state index in [1.165, 1.54) is 4.68 Å². The minimum atomic E-state index is -0.679. The van der Waals surface area contributed by atoms with Crippen molar-refractivity contribution in [2.24, 2.45) is 7.05 Å². The van der Waals surface area contributed by atoms with Crippen molar-refractivity contribution in [3.63, 3.8) is 0 Å². The lowest BCUT2D eigenvalue weighted by molar-refractivity contribution is -0.741. The zero-order valence-corrected chi connectivity index (χ0v) is 13.2. The number of nitrogens with one attached hydrogen (secondary N) is 1. The minimum Gasteiger partial charge on any atom is -0.283 e. The fourth-order valence-electron chi connectivity index (χ4n) is 3.18. The van der Waals surface area contributed by atoms with Gasteiger partial charge in [-0.25, -0.2) is 4.79 Å². The lowest BCUT2D eigenvalue weighted by atomic mass is 10.0. The van der Waals surface area contributed by atoms with E-state index in [1.54, 1.807) is 11.9 Å². The summed E-state index contributed by atoms with van der Waals surface area (Å²) in [4.78, 5) is 26.8. The van der Waals surface area contributed by atoms with Crippen molar-refractivity contribution in [3.8, 4) is 0 Å². The first kappa shape index (κ1) is 14.4. The molecule has 1 N–H and O–H groups in total. The third kappa shape index (κ3) is 2.15. The van der Waals surface area contributed by atoms with Crippen LogP contribution in [0.5, 0.6) is 0 Å². The maximum atomic E-state index is 13.2. The van der Waals surface area contributed by atoms with Gasteiger partial charge in [0.15, 0.2) is 7.05 Å². The molecule has 1 aromatic heterocycles. The Hall–Kier alpha value is -3.15. The molecular weight excluding hydrogens is 306 g/mol. The predicted octanol–water partition coefficient (Wildman–Crippen LogP) is 1.87. The van der Waals surface area contributed by atoms with Gasteiger partial charge in [-0.2, -0.15) is 0 Å². The summed E-state index contributed by atoms with van der Waals surface area (Å²) < 4.78 is 6.06. The van der Waals surface area contributed by atoms with Gasteiger partial charge >= 0.3 is 17.2 Å². The van der Waals surface area contributed by atoms with Crippen LogP contribution in [0.25, 0.3) is 0 Å². The standard InChI is InChI=1S/C18H15N3O3/c1-20-16(18(23)24-19-20)17(22)21-14-8-4-2-6-12(14)10-11-13-7-3-5-9-15(13)21/h2-9H,10-11H2,1H3/p+1. The van der Waals surface area contributed by atoms with E-state index in [-0.39, 0.29) is 5.69 Å². The summed E-state index contributed by atoms with van der Waals surface area (Å²) in [6.45, 7) is 0. The molecule has 3 aromatic rings. The highest BCUT2D eigenvalue weighted by atomic mass is 16.5. The van der Waals surface area contributed by atoms with E-state index in [9.17, 15) is 9.59 Å². The highest BCUT2D eigenvalue weighted by Crippen LogP contribution is 2.36. The number of benzene rings is 2. The van der Waals surface area contributed by atoms with Crippen LogP contribution < -0.4 is 15.2 Å². The summed E-state index contributed by atoms with van der Waals surface area (Å²) in [7, 11) is 1.58. The Morgan fingerprint density at radius 3 is 2.08 bits per heavy atom. The number of H-pyrrole nitrogens is 1. The summed E-state index contributed by atoms with van der Waals surface area (Å²) in [6.07, 6.45) is 1.68. The second kappa shape index (κ2) is 5.49. The molecule has 1 aliphatic rings. The Morgan fingerprint density at radius 1 is 1.04 bits per heavy atom. The molecule has 4 rings (SSSR count). The van der Waals surface area contributed by atoms with Gasteiger partial charge in [0.2, 0.25) is 0 Å². The van der Waals surface area contributed by atoms with Gasteiger partial charge in [-0.3, -0.25) is 14.2 Å². The number of rotatable bonds is 1. The van der Waals surface area contributed by atoms with Crippen LogP contribution in [0.4, 0.5) is 11.4 Å². The van der Waals surface area contributed by atoms with Crippen molar-refractivity contribution in [1.29, 1.82) is 0 Å². The number of aromatic amines is 1. The fourth-order valence-corrected chi connectivity index (χ4v) is 3.18. The summed E-state index contributed by atoms with van der Waals surface area (Å²) in [6, 6.07) is 15.6. The van der Waals surface area contributed by atoms with Crippen molar-refractivity contribution < 1.29 is 14.0 Å². The molecular formula is C18H16N3O3+. The molecule has 2 heterocycles. The molecule has 0 unspecified atom stereocenters. The van der Waals surface area contributed by atoms with Gasteiger partial charge in [0, 0.05) is 0 Å². The average Bonchev–Trinajstić information content (AvgIpc) is 2.84. The van der Waals surface area contributed by atoms with Crippen LogP contribution >= 0.6 is 0 Å². The van der Waals surface area contributed by atoms with E-state index >= 15 is 0 Å². The van der Waals surface area contributed by atoms with Crippen LogP contribution in [-0.2, 0) is 19.9 Å². The van der Waals surface area contributed by atoms with Crippen LogP contribution in [0.3, 0.4) is 0 Å². The molecule has 1 aliphatic heterocycles. The van der Waals surface area contributed by atoms with E-state index in [1.807, 2.05) is 48.5 Å². The highest BCUT2D eigenvalue weighted by Gasteiger charge is 2.35. The first-order valence-electron chi connectivity index (χ1n) is 7.74. The molecule has 6 nitrogen and oxygen atoms in total. The number of aromatic nitrogens is 2. The zero-order chi connectivity index (χ0) is 16.7. The number of nitrogens with zero attached hydrogens (tertiary/aromatic N) is 2. The van der Waals surface area contributed by atoms with Gasteiger partial charge < -0.3 is 0 Å². The number of anilines is 2. The normalized spacial score (nSPS) is 13.1. The van der Waals surface area contributed by atoms with Crippen molar-refractivity contribution >= 4 is 17.3 Å². The lowest BCUT2D eigenvalue weighted by Crippen LogP contribution is -2.44. The molecule has 6 heteroatoms. The lowest BCUT2D eigenvalue weighted by Gasteiger charge is -2.22. The molecule has 0 atom stereocenters. The van der Waals surface area contributed by atoms with Crippen molar-refractivity contribution in [3.05, 3.63) is 75.8 Å². The first-order chi connectivity index (χ1) is 11.7. The number of para-hydroxylation sites is 2. The van der Waals surface area contributed by atoms with Crippen LogP contribution in [0.1, 0.15) is 21.6 Å². The number of fused-ring (bicyclic) bond motifs is 2. The molecule has 0 spiro atoms. The van der Waals surface area contributed by atoms with Gasteiger partial charge in [-0.1, -0.05) is 41.1 Å². The third-order valence-corrected chi connectivity index (χ3v) is 4.34. The number of hydrogen-bond donors (Lipinski definition) is 1. The van der Waals surface area contributed by atoms with E-state index < -0.39 is 11.5 Å². The topological polar surface area (TPSA) is 70.2 Å². The Kier molecular flexibility index (Phi) is 3.30.